The monoisotopic (exact) mass is 199 g/mol. The normalized spacial score (nSPS) is 38.4. The second-order valence-corrected chi connectivity index (χ2v) is 5.33. The van der Waals surface area contributed by atoms with Gasteiger partial charge in [0.15, 0.2) is 0 Å². The summed E-state index contributed by atoms with van der Waals surface area (Å²) in [4.78, 5) is 11.1. The minimum Gasteiger partial charge on any atom is -0.447 e. The molecule has 0 radical (unpaired) electrons. The largest absolute Gasteiger partial charge is 0.447 e. The molecule has 0 aromatic rings. The van der Waals surface area contributed by atoms with Crippen LogP contribution in [0.1, 0.15) is 34.1 Å². The van der Waals surface area contributed by atoms with Gasteiger partial charge >= 0.3 is 6.09 Å². The minimum atomic E-state index is -0.372. The van der Waals surface area contributed by atoms with Gasteiger partial charge in [0.1, 0.15) is 12.1 Å². The summed E-state index contributed by atoms with van der Waals surface area (Å²) in [5.74, 6) is 0. The van der Waals surface area contributed by atoms with Gasteiger partial charge in [-0.2, -0.15) is 0 Å². The molecule has 80 valence electrons. The van der Waals surface area contributed by atoms with Gasteiger partial charge in [-0.05, 0) is 27.7 Å². The molecule has 1 unspecified atom stereocenters. The number of amides is 1. The van der Waals surface area contributed by atoms with Gasteiger partial charge in [0.25, 0.3) is 0 Å². The third kappa shape index (κ3) is 1.21. The summed E-state index contributed by atoms with van der Waals surface area (Å²) >= 11 is 0. The summed E-state index contributed by atoms with van der Waals surface area (Å²) in [5.41, 5.74) is -0.930. The molecule has 0 aromatic heterocycles. The zero-order chi connectivity index (χ0) is 10.6. The number of hydrogen-bond donors (Lipinski definition) is 1. The van der Waals surface area contributed by atoms with Gasteiger partial charge in [-0.1, -0.05) is 0 Å². The Morgan fingerprint density at radius 2 is 1.93 bits per heavy atom. The quantitative estimate of drug-likeness (QED) is 0.642. The Morgan fingerprint density at radius 3 is 2.29 bits per heavy atom. The first-order valence-electron chi connectivity index (χ1n) is 4.92. The van der Waals surface area contributed by atoms with Crippen LogP contribution < -0.4 is 5.32 Å². The number of ether oxygens (including phenoxy) is 2. The summed E-state index contributed by atoms with van der Waals surface area (Å²) in [6.07, 6.45) is 0.457. The summed E-state index contributed by atoms with van der Waals surface area (Å²) in [6, 6.07) is 0. The summed E-state index contributed by atoms with van der Waals surface area (Å²) in [5, 5.41) is 2.89. The lowest BCUT2D eigenvalue weighted by Crippen LogP contribution is -2.56. The number of cyclic esters (lactones) is 1. The molecule has 2 aliphatic heterocycles. The van der Waals surface area contributed by atoms with Crippen LogP contribution in [0.4, 0.5) is 4.79 Å². The van der Waals surface area contributed by atoms with E-state index in [0.717, 1.165) is 6.42 Å². The van der Waals surface area contributed by atoms with E-state index in [4.69, 9.17) is 9.47 Å². The molecule has 0 bridgehead atoms. The third-order valence-corrected chi connectivity index (χ3v) is 3.20. The Kier molecular flexibility index (Phi) is 1.69. The van der Waals surface area contributed by atoms with Crippen LogP contribution in [-0.4, -0.2) is 29.4 Å². The van der Waals surface area contributed by atoms with Crippen LogP contribution in [0.25, 0.3) is 0 Å². The van der Waals surface area contributed by atoms with Crippen molar-refractivity contribution in [3.8, 4) is 0 Å². The van der Waals surface area contributed by atoms with Crippen LogP contribution in [0, 0.1) is 0 Å². The average molecular weight is 199 g/mol. The highest BCUT2D eigenvalue weighted by Gasteiger charge is 2.61. The smallest absolute Gasteiger partial charge is 0.407 e. The Morgan fingerprint density at radius 1 is 1.29 bits per heavy atom. The summed E-state index contributed by atoms with van der Waals surface area (Å²) in [7, 11) is 0. The molecule has 14 heavy (non-hydrogen) atoms. The van der Waals surface area contributed by atoms with Gasteiger partial charge in [-0.25, -0.2) is 4.79 Å². The Labute approximate surface area is 84.0 Å². The van der Waals surface area contributed by atoms with E-state index < -0.39 is 0 Å². The molecular formula is C10H17NO3. The minimum absolute atomic E-state index is 0.204. The molecule has 0 aromatic carbocycles. The van der Waals surface area contributed by atoms with Crippen molar-refractivity contribution in [2.45, 2.75) is 50.9 Å². The standard InChI is InChI=1S/C10H17NO3/c1-8(2)5-10(9(3,4)14-8)6-13-7(12)11-10/h5-6H2,1-4H3,(H,11,12). The van der Waals surface area contributed by atoms with Gasteiger partial charge in [-0.15, -0.1) is 0 Å². The third-order valence-electron chi connectivity index (χ3n) is 3.20. The highest BCUT2D eigenvalue weighted by molar-refractivity contribution is 5.71. The van der Waals surface area contributed by atoms with E-state index in [1.807, 2.05) is 27.7 Å². The number of hydrogen-bond acceptors (Lipinski definition) is 3. The van der Waals surface area contributed by atoms with Crippen molar-refractivity contribution in [3.05, 3.63) is 0 Å². The first kappa shape index (κ1) is 9.77. The maximum atomic E-state index is 11.1. The molecule has 4 heteroatoms. The van der Waals surface area contributed by atoms with Crippen LogP contribution in [-0.2, 0) is 9.47 Å². The van der Waals surface area contributed by atoms with Crippen molar-refractivity contribution in [2.24, 2.45) is 0 Å². The lowest BCUT2D eigenvalue weighted by molar-refractivity contribution is -0.0815. The predicted molar refractivity (Wildman–Crippen MR) is 51.1 cm³/mol. The molecule has 0 aliphatic carbocycles. The van der Waals surface area contributed by atoms with Gasteiger partial charge in [0.05, 0.1) is 11.2 Å². The van der Waals surface area contributed by atoms with E-state index in [1.165, 1.54) is 0 Å². The molecule has 0 saturated carbocycles. The molecule has 2 rings (SSSR count). The second-order valence-electron chi connectivity index (χ2n) is 5.33. The fourth-order valence-corrected chi connectivity index (χ4v) is 2.64. The summed E-state index contributed by atoms with van der Waals surface area (Å²) in [6.45, 7) is 8.47. The van der Waals surface area contributed by atoms with Crippen molar-refractivity contribution >= 4 is 6.09 Å². The average Bonchev–Trinajstić information content (AvgIpc) is 2.35. The second kappa shape index (κ2) is 2.42. The zero-order valence-corrected chi connectivity index (χ0v) is 9.14. The zero-order valence-electron chi connectivity index (χ0n) is 9.14. The van der Waals surface area contributed by atoms with Crippen LogP contribution >= 0.6 is 0 Å². The number of carbonyl (C=O) groups excluding carboxylic acids is 1. The maximum Gasteiger partial charge on any atom is 0.407 e. The van der Waals surface area contributed by atoms with Crippen LogP contribution in [0.3, 0.4) is 0 Å². The SMILES string of the molecule is CC1(C)CC2(COC(=O)N2)C(C)(C)O1. The molecular weight excluding hydrogens is 182 g/mol. The van der Waals surface area contributed by atoms with Crippen LogP contribution in [0.2, 0.25) is 0 Å². The lowest BCUT2D eigenvalue weighted by Gasteiger charge is -2.33. The lowest BCUT2D eigenvalue weighted by atomic mass is 9.80. The van der Waals surface area contributed by atoms with Crippen molar-refractivity contribution in [2.75, 3.05) is 6.61 Å². The summed E-state index contributed by atoms with van der Waals surface area (Å²) < 4.78 is 10.9. The van der Waals surface area contributed by atoms with E-state index in [2.05, 4.69) is 5.32 Å². The Bertz CT molecular complexity index is 285. The molecule has 1 N–H and O–H groups in total. The van der Waals surface area contributed by atoms with Gasteiger partial charge < -0.3 is 14.8 Å². The number of carbonyl (C=O) groups is 1. The number of nitrogens with one attached hydrogen (secondary N) is 1. The molecule has 2 saturated heterocycles. The molecule has 1 atom stereocenters. The first-order chi connectivity index (χ1) is 6.27. The molecule has 2 fully saturated rings. The highest BCUT2D eigenvalue weighted by Crippen LogP contribution is 2.46. The maximum absolute atomic E-state index is 11.1. The predicted octanol–water partition coefficient (Wildman–Crippen LogP) is 1.44. The van der Waals surface area contributed by atoms with Crippen LogP contribution in [0.15, 0.2) is 0 Å². The van der Waals surface area contributed by atoms with Gasteiger partial charge in [0, 0.05) is 6.42 Å². The molecule has 2 heterocycles. The Balaban J connectivity index is 2.32. The van der Waals surface area contributed by atoms with Gasteiger partial charge in [-0.3, -0.25) is 0 Å². The van der Waals surface area contributed by atoms with Crippen molar-refractivity contribution in [1.29, 1.82) is 0 Å². The molecule has 4 nitrogen and oxygen atoms in total. The van der Waals surface area contributed by atoms with E-state index >= 15 is 0 Å². The van der Waals surface area contributed by atoms with Gasteiger partial charge in [0.2, 0.25) is 0 Å². The Hall–Kier alpha value is -0.770. The van der Waals surface area contributed by atoms with Crippen LogP contribution in [0.5, 0.6) is 0 Å². The topological polar surface area (TPSA) is 47.6 Å². The molecule has 1 spiro atoms. The van der Waals surface area contributed by atoms with Crippen molar-refractivity contribution in [3.63, 3.8) is 0 Å². The van der Waals surface area contributed by atoms with E-state index in [-0.39, 0.29) is 22.8 Å². The fourth-order valence-electron chi connectivity index (χ4n) is 2.64. The van der Waals surface area contributed by atoms with E-state index in [0.29, 0.717) is 6.61 Å². The fraction of sp³-hybridized carbons (Fsp3) is 0.900. The molecule has 1 amide bonds. The molecule has 2 aliphatic rings. The number of alkyl carbamates (subject to hydrolysis) is 1. The van der Waals surface area contributed by atoms with E-state index in [1.54, 1.807) is 0 Å². The highest BCUT2D eigenvalue weighted by atomic mass is 16.6. The van der Waals surface area contributed by atoms with Crippen molar-refractivity contribution < 1.29 is 14.3 Å². The van der Waals surface area contributed by atoms with Crippen molar-refractivity contribution in [1.82, 2.24) is 5.32 Å². The first-order valence-corrected chi connectivity index (χ1v) is 4.92. The number of rotatable bonds is 0. The van der Waals surface area contributed by atoms with E-state index in [9.17, 15) is 4.79 Å².